The maximum Gasteiger partial charge on any atom is 0.245 e. The van der Waals surface area contributed by atoms with Crippen molar-refractivity contribution in [2.75, 3.05) is 6.61 Å². The van der Waals surface area contributed by atoms with Crippen LogP contribution in [0.3, 0.4) is 0 Å². The molecule has 92 valence electrons. The average molecular weight is 238 g/mol. The topological polar surface area (TPSA) is 64.4 Å². The number of benzene rings is 1. The van der Waals surface area contributed by atoms with Crippen LogP contribution in [0.15, 0.2) is 24.3 Å². The number of nitrogens with one attached hydrogen (secondary N) is 1. The number of hydroxylamine groups is 1. The molecular formula is C12H15FN2O2. The van der Waals surface area contributed by atoms with Crippen LogP contribution in [0.4, 0.5) is 4.39 Å². The van der Waals surface area contributed by atoms with Gasteiger partial charge in [-0.1, -0.05) is 12.1 Å². The summed E-state index contributed by atoms with van der Waals surface area (Å²) in [6, 6.07) is 6.80. The van der Waals surface area contributed by atoms with E-state index >= 15 is 0 Å². The second kappa shape index (κ2) is 5.25. The van der Waals surface area contributed by atoms with Gasteiger partial charge in [0.1, 0.15) is 12.4 Å². The summed E-state index contributed by atoms with van der Waals surface area (Å²) in [5.74, 6) is -0.273. The molecular weight excluding hydrogens is 223 g/mol. The lowest BCUT2D eigenvalue weighted by molar-refractivity contribution is -0.126. The number of amides is 1. The fourth-order valence-electron chi connectivity index (χ4n) is 1.95. The standard InChI is InChI=1S/C12H15FN2O2/c13-10-3-1-8(2-4-10)9-5-11(6-9)15-17-7-12(14)16/h1-4,9,11,15H,5-7H2,(H2,14,16). The first kappa shape index (κ1) is 12.0. The molecule has 0 saturated heterocycles. The minimum Gasteiger partial charge on any atom is -0.368 e. The van der Waals surface area contributed by atoms with Crippen LogP contribution in [-0.2, 0) is 9.63 Å². The number of primary amides is 1. The second-order valence-electron chi connectivity index (χ2n) is 4.29. The van der Waals surface area contributed by atoms with E-state index in [1.165, 1.54) is 12.1 Å². The predicted molar refractivity (Wildman–Crippen MR) is 60.4 cm³/mol. The van der Waals surface area contributed by atoms with Gasteiger partial charge >= 0.3 is 0 Å². The molecule has 1 aromatic rings. The van der Waals surface area contributed by atoms with Gasteiger partial charge in [-0.25, -0.2) is 4.39 Å². The zero-order chi connectivity index (χ0) is 12.3. The summed E-state index contributed by atoms with van der Waals surface area (Å²) in [5, 5.41) is 0. The molecule has 1 aliphatic rings. The van der Waals surface area contributed by atoms with Crippen LogP contribution in [0.1, 0.15) is 24.3 Å². The van der Waals surface area contributed by atoms with Crippen LogP contribution in [0.25, 0.3) is 0 Å². The number of carbonyl (C=O) groups is 1. The summed E-state index contributed by atoms with van der Waals surface area (Å²) in [7, 11) is 0. The van der Waals surface area contributed by atoms with Crippen molar-refractivity contribution in [1.29, 1.82) is 0 Å². The van der Waals surface area contributed by atoms with Gasteiger partial charge < -0.3 is 5.73 Å². The van der Waals surface area contributed by atoms with Crippen LogP contribution < -0.4 is 11.2 Å². The number of carbonyl (C=O) groups excluding carboxylic acids is 1. The fourth-order valence-corrected chi connectivity index (χ4v) is 1.95. The molecule has 0 aliphatic heterocycles. The Hall–Kier alpha value is -1.46. The molecule has 5 heteroatoms. The number of rotatable bonds is 5. The molecule has 17 heavy (non-hydrogen) atoms. The van der Waals surface area contributed by atoms with Crippen molar-refractivity contribution in [3.8, 4) is 0 Å². The highest BCUT2D eigenvalue weighted by molar-refractivity contribution is 5.74. The number of nitrogens with two attached hydrogens (primary N) is 1. The minimum absolute atomic E-state index is 0.113. The summed E-state index contributed by atoms with van der Waals surface area (Å²) in [6.45, 7) is -0.113. The molecule has 0 spiro atoms. The van der Waals surface area contributed by atoms with Gasteiger partial charge in [0.05, 0.1) is 0 Å². The second-order valence-corrected chi connectivity index (χ2v) is 4.29. The van der Waals surface area contributed by atoms with Crippen LogP contribution in [0.2, 0.25) is 0 Å². The molecule has 4 nitrogen and oxygen atoms in total. The van der Waals surface area contributed by atoms with E-state index in [0.717, 1.165) is 18.4 Å². The fraction of sp³-hybridized carbons (Fsp3) is 0.417. The Balaban J connectivity index is 1.71. The number of halogens is 1. The first-order chi connectivity index (χ1) is 8.15. The van der Waals surface area contributed by atoms with Crippen LogP contribution in [0.5, 0.6) is 0 Å². The van der Waals surface area contributed by atoms with E-state index in [2.05, 4.69) is 5.48 Å². The van der Waals surface area contributed by atoms with E-state index in [1.54, 1.807) is 12.1 Å². The molecule has 1 saturated carbocycles. The van der Waals surface area contributed by atoms with Gasteiger partial charge in [0.25, 0.3) is 0 Å². The van der Waals surface area contributed by atoms with E-state index in [-0.39, 0.29) is 18.5 Å². The van der Waals surface area contributed by atoms with E-state index in [4.69, 9.17) is 10.6 Å². The highest BCUT2D eigenvalue weighted by Gasteiger charge is 2.30. The average Bonchev–Trinajstić information content (AvgIpc) is 2.23. The third kappa shape index (κ3) is 3.25. The molecule has 0 atom stereocenters. The Morgan fingerprint density at radius 1 is 1.41 bits per heavy atom. The molecule has 1 amide bonds. The smallest absolute Gasteiger partial charge is 0.245 e. The van der Waals surface area contributed by atoms with Crippen molar-refractivity contribution < 1.29 is 14.0 Å². The SMILES string of the molecule is NC(=O)CONC1CC(c2ccc(F)cc2)C1. The van der Waals surface area contributed by atoms with Crippen LogP contribution in [0, 0.1) is 5.82 Å². The Bertz CT molecular complexity index is 388. The Labute approximate surface area is 98.9 Å². The van der Waals surface area contributed by atoms with Crippen molar-refractivity contribution in [2.24, 2.45) is 5.73 Å². The van der Waals surface area contributed by atoms with Gasteiger partial charge in [0, 0.05) is 6.04 Å². The summed E-state index contributed by atoms with van der Waals surface area (Å²) in [6.07, 6.45) is 1.84. The van der Waals surface area contributed by atoms with Gasteiger partial charge in [0.15, 0.2) is 0 Å². The van der Waals surface area contributed by atoms with Crippen LogP contribution >= 0.6 is 0 Å². The largest absolute Gasteiger partial charge is 0.368 e. The van der Waals surface area contributed by atoms with Gasteiger partial charge in [-0.3, -0.25) is 9.63 Å². The lowest BCUT2D eigenvalue weighted by atomic mass is 9.76. The van der Waals surface area contributed by atoms with Crippen molar-refractivity contribution in [3.05, 3.63) is 35.6 Å². The summed E-state index contributed by atoms with van der Waals surface area (Å²) in [5.41, 5.74) is 8.86. The molecule has 0 bridgehead atoms. The van der Waals surface area contributed by atoms with Crippen molar-refractivity contribution in [1.82, 2.24) is 5.48 Å². The third-order valence-corrected chi connectivity index (χ3v) is 2.94. The van der Waals surface area contributed by atoms with Crippen molar-refractivity contribution >= 4 is 5.91 Å². The summed E-state index contributed by atoms with van der Waals surface area (Å²) in [4.78, 5) is 15.3. The summed E-state index contributed by atoms with van der Waals surface area (Å²) >= 11 is 0. The van der Waals surface area contributed by atoms with Crippen molar-refractivity contribution in [3.63, 3.8) is 0 Å². The zero-order valence-electron chi connectivity index (χ0n) is 9.36. The molecule has 0 unspecified atom stereocenters. The molecule has 0 heterocycles. The first-order valence-corrected chi connectivity index (χ1v) is 5.56. The lowest BCUT2D eigenvalue weighted by Gasteiger charge is -2.35. The molecule has 3 N–H and O–H groups in total. The highest BCUT2D eigenvalue weighted by atomic mass is 19.1. The minimum atomic E-state index is -0.494. The molecule has 1 aromatic carbocycles. The lowest BCUT2D eigenvalue weighted by Crippen LogP contribution is -2.41. The first-order valence-electron chi connectivity index (χ1n) is 5.56. The zero-order valence-corrected chi connectivity index (χ0v) is 9.36. The Kier molecular flexibility index (Phi) is 3.71. The van der Waals surface area contributed by atoms with E-state index in [9.17, 15) is 9.18 Å². The molecule has 1 aliphatic carbocycles. The molecule has 0 aromatic heterocycles. The maximum absolute atomic E-state index is 12.7. The van der Waals surface area contributed by atoms with E-state index in [0.29, 0.717) is 5.92 Å². The summed E-state index contributed by atoms with van der Waals surface area (Å²) < 4.78 is 12.7. The molecule has 2 rings (SSSR count). The predicted octanol–water partition coefficient (Wildman–Crippen LogP) is 1.08. The van der Waals surface area contributed by atoms with Gasteiger partial charge in [0.2, 0.25) is 5.91 Å². The van der Waals surface area contributed by atoms with E-state index in [1.807, 2.05) is 0 Å². The van der Waals surface area contributed by atoms with Gasteiger partial charge in [-0.2, -0.15) is 5.48 Å². The third-order valence-electron chi connectivity index (χ3n) is 2.94. The number of hydrogen-bond acceptors (Lipinski definition) is 3. The normalized spacial score (nSPS) is 23.1. The van der Waals surface area contributed by atoms with Crippen molar-refractivity contribution in [2.45, 2.75) is 24.8 Å². The Morgan fingerprint density at radius 2 is 2.06 bits per heavy atom. The molecule has 0 radical (unpaired) electrons. The number of hydrogen-bond donors (Lipinski definition) is 2. The van der Waals surface area contributed by atoms with Crippen LogP contribution in [-0.4, -0.2) is 18.6 Å². The maximum atomic E-state index is 12.7. The van der Waals surface area contributed by atoms with E-state index < -0.39 is 5.91 Å². The quantitative estimate of drug-likeness (QED) is 0.754. The van der Waals surface area contributed by atoms with Gasteiger partial charge in [-0.05, 0) is 36.5 Å². The monoisotopic (exact) mass is 238 g/mol. The van der Waals surface area contributed by atoms with Gasteiger partial charge in [-0.15, -0.1) is 0 Å². The molecule has 1 fully saturated rings. The highest BCUT2D eigenvalue weighted by Crippen LogP contribution is 2.36. The Morgan fingerprint density at radius 3 is 2.65 bits per heavy atom.